The fourth-order valence-electron chi connectivity index (χ4n) is 2.94. The maximum absolute atomic E-state index is 3.89. The van der Waals surface area contributed by atoms with E-state index in [1.165, 1.54) is 6.42 Å². The van der Waals surface area contributed by atoms with E-state index in [-0.39, 0.29) is 0 Å². The molecule has 2 aliphatic rings. The van der Waals surface area contributed by atoms with E-state index in [2.05, 4.69) is 55.8 Å². The highest BCUT2D eigenvalue weighted by Crippen LogP contribution is 2.43. The van der Waals surface area contributed by atoms with E-state index in [1.54, 1.807) is 0 Å². The number of hydrogen-bond donors (Lipinski definition) is 0. The van der Waals surface area contributed by atoms with Crippen molar-refractivity contribution >= 4 is 31.9 Å². The molecule has 2 aliphatic heterocycles. The lowest BCUT2D eigenvalue weighted by molar-refractivity contribution is 0.101. The molecule has 0 amide bonds. The largest absolute Gasteiger partial charge is 0.303 e. The second-order valence-corrected chi connectivity index (χ2v) is 8.19. The first kappa shape index (κ1) is 10.4. The van der Waals surface area contributed by atoms with E-state index in [4.69, 9.17) is 0 Å². The molecule has 2 fully saturated rings. The standard InChI is InChI=1S/C9H16Br2N2/c1-12-4-8(10)3-9(11,5-12)7-13(2)6-8/h3-7H2,1-2H3. The van der Waals surface area contributed by atoms with Crippen LogP contribution in [0.15, 0.2) is 0 Å². The van der Waals surface area contributed by atoms with Gasteiger partial charge in [-0.1, -0.05) is 31.9 Å². The molecule has 0 N–H and O–H groups in total. The molecule has 13 heavy (non-hydrogen) atoms. The molecule has 0 aromatic carbocycles. The Kier molecular flexibility index (Phi) is 2.55. The number of piperidine rings is 2. The quantitative estimate of drug-likeness (QED) is 0.626. The molecule has 0 aliphatic carbocycles. The Morgan fingerprint density at radius 1 is 0.846 bits per heavy atom. The van der Waals surface area contributed by atoms with E-state index in [0.29, 0.717) is 8.65 Å². The van der Waals surface area contributed by atoms with E-state index in [9.17, 15) is 0 Å². The average molecular weight is 312 g/mol. The van der Waals surface area contributed by atoms with Crippen molar-refractivity contribution in [1.82, 2.24) is 9.80 Å². The molecule has 0 aromatic heterocycles. The Hall–Kier alpha value is 0.880. The summed E-state index contributed by atoms with van der Waals surface area (Å²) in [5.74, 6) is 0. The molecular formula is C9H16Br2N2. The number of nitrogens with zero attached hydrogens (tertiary/aromatic N) is 2. The van der Waals surface area contributed by atoms with Gasteiger partial charge in [-0.25, -0.2) is 0 Å². The highest BCUT2D eigenvalue weighted by Gasteiger charge is 2.49. The molecule has 2 nitrogen and oxygen atoms in total. The van der Waals surface area contributed by atoms with Crippen molar-refractivity contribution in [2.45, 2.75) is 15.1 Å². The smallest absolute Gasteiger partial charge is 0.0525 e. The maximum atomic E-state index is 3.89. The van der Waals surface area contributed by atoms with Gasteiger partial charge in [-0.2, -0.15) is 0 Å². The summed E-state index contributed by atoms with van der Waals surface area (Å²) in [7, 11) is 4.41. The van der Waals surface area contributed by atoms with Crippen LogP contribution in [0.4, 0.5) is 0 Å². The summed E-state index contributed by atoms with van der Waals surface area (Å²) in [6.07, 6.45) is 1.24. The van der Waals surface area contributed by atoms with Gasteiger partial charge in [0.2, 0.25) is 0 Å². The van der Waals surface area contributed by atoms with Crippen LogP contribution < -0.4 is 0 Å². The topological polar surface area (TPSA) is 6.48 Å². The normalized spacial score (nSPS) is 48.0. The predicted molar refractivity (Wildman–Crippen MR) is 62.9 cm³/mol. The third kappa shape index (κ3) is 2.11. The summed E-state index contributed by atoms with van der Waals surface area (Å²) in [5, 5.41) is 0. The van der Waals surface area contributed by atoms with Crippen molar-refractivity contribution in [3.8, 4) is 0 Å². The van der Waals surface area contributed by atoms with Gasteiger partial charge in [0.05, 0.1) is 8.65 Å². The first-order chi connectivity index (χ1) is 5.91. The molecule has 0 radical (unpaired) electrons. The molecule has 4 heteroatoms. The van der Waals surface area contributed by atoms with Crippen LogP contribution in [0.5, 0.6) is 0 Å². The second-order valence-electron chi connectivity index (χ2n) is 4.82. The Balaban J connectivity index is 2.22. The van der Waals surface area contributed by atoms with E-state index in [0.717, 1.165) is 26.2 Å². The molecule has 2 heterocycles. The van der Waals surface area contributed by atoms with Gasteiger partial charge < -0.3 is 9.80 Å². The number of fused-ring (bicyclic) bond motifs is 2. The molecule has 0 spiro atoms. The van der Waals surface area contributed by atoms with Crippen molar-refractivity contribution in [3.63, 3.8) is 0 Å². The molecule has 76 valence electrons. The van der Waals surface area contributed by atoms with Crippen LogP contribution in [0.3, 0.4) is 0 Å². The monoisotopic (exact) mass is 310 g/mol. The van der Waals surface area contributed by atoms with Crippen LogP contribution in [0.2, 0.25) is 0 Å². The summed E-state index contributed by atoms with van der Waals surface area (Å²) in [5.41, 5.74) is 0. The number of halogens is 2. The number of rotatable bonds is 0. The molecule has 2 rings (SSSR count). The minimum absolute atomic E-state index is 0.302. The summed E-state index contributed by atoms with van der Waals surface area (Å²) >= 11 is 7.78. The third-order valence-corrected chi connectivity index (χ3v) is 4.41. The van der Waals surface area contributed by atoms with Crippen LogP contribution in [-0.4, -0.2) is 58.7 Å². The van der Waals surface area contributed by atoms with Crippen molar-refractivity contribution in [2.75, 3.05) is 40.3 Å². The van der Waals surface area contributed by atoms with Crippen LogP contribution in [0.1, 0.15) is 6.42 Å². The number of hydrogen-bond acceptors (Lipinski definition) is 2. The fraction of sp³-hybridized carbons (Fsp3) is 1.00. The Morgan fingerprint density at radius 3 is 1.46 bits per heavy atom. The molecule has 0 atom stereocenters. The summed E-state index contributed by atoms with van der Waals surface area (Å²) < 4.78 is 0.604. The summed E-state index contributed by atoms with van der Waals surface area (Å²) in [4.78, 5) is 4.83. The summed E-state index contributed by atoms with van der Waals surface area (Å²) in [6.45, 7) is 4.63. The highest BCUT2D eigenvalue weighted by molar-refractivity contribution is 9.10. The van der Waals surface area contributed by atoms with E-state index < -0.39 is 0 Å². The molecule has 0 unspecified atom stereocenters. The summed E-state index contributed by atoms with van der Waals surface area (Å²) in [6, 6.07) is 0. The van der Waals surface area contributed by atoms with Crippen LogP contribution in [-0.2, 0) is 0 Å². The molecule has 2 bridgehead atoms. The third-order valence-electron chi connectivity index (χ3n) is 2.85. The SMILES string of the molecule is CN1CC2(Br)CN(C)CC(Br)(C1)C2. The second kappa shape index (κ2) is 3.19. The van der Waals surface area contributed by atoms with Crippen LogP contribution in [0.25, 0.3) is 0 Å². The van der Waals surface area contributed by atoms with Gasteiger partial charge in [0.1, 0.15) is 0 Å². The zero-order valence-electron chi connectivity index (χ0n) is 8.19. The lowest BCUT2D eigenvalue weighted by Crippen LogP contribution is -2.64. The molecule has 0 saturated carbocycles. The van der Waals surface area contributed by atoms with Crippen molar-refractivity contribution in [2.24, 2.45) is 0 Å². The lowest BCUT2D eigenvalue weighted by Gasteiger charge is -2.53. The van der Waals surface area contributed by atoms with Crippen molar-refractivity contribution in [3.05, 3.63) is 0 Å². The minimum atomic E-state index is 0.302. The Morgan fingerprint density at radius 2 is 1.15 bits per heavy atom. The van der Waals surface area contributed by atoms with Gasteiger partial charge in [-0.05, 0) is 20.5 Å². The van der Waals surface area contributed by atoms with Gasteiger partial charge in [-0.3, -0.25) is 0 Å². The molecule has 0 aromatic rings. The maximum Gasteiger partial charge on any atom is 0.0525 e. The first-order valence-electron chi connectivity index (χ1n) is 4.66. The van der Waals surface area contributed by atoms with Crippen LogP contribution in [0, 0.1) is 0 Å². The zero-order valence-corrected chi connectivity index (χ0v) is 11.4. The molecular weight excluding hydrogens is 296 g/mol. The Bertz CT molecular complexity index is 186. The first-order valence-corrected chi connectivity index (χ1v) is 6.24. The van der Waals surface area contributed by atoms with Gasteiger partial charge in [0.25, 0.3) is 0 Å². The van der Waals surface area contributed by atoms with Crippen molar-refractivity contribution in [1.29, 1.82) is 0 Å². The van der Waals surface area contributed by atoms with Gasteiger partial charge >= 0.3 is 0 Å². The number of likely N-dealkylation sites (tertiary alicyclic amines) is 2. The zero-order chi connectivity index (χ0) is 9.69. The van der Waals surface area contributed by atoms with Gasteiger partial charge in [-0.15, -0.1) is 0 Å². The lowest BCUT2D eigenvalue weighted by atomic mass is 9.85. The van der Waals surface area contributed by atoms with Crippen molar-refractivity contribution < 1.29 is 0 Å². The highest BCUT2D eigenvalue weighted by atomic mass is 79.9. The number of alkyl halides is 2. The Labute approximate surface area is 96.9 Å². The van der Waals surface area contributed by atoms with Crippen LogP contribution >= 0.6 is 31.9 Å². The average Bonchev–Trinajstić information content (AvgIpc) is 1.75. The predicted octanol–water partition coefficient (Wildman–Crippen LogP) is 1.53. The van der Waals surface area contributed by atoms with E-state index in [1.807, 2.05) is 0 Å². The van der Waals surface area contributed by atoms with Gasteiger partial charge in [0.15, 0.2) is 0 Å². The fourth-order valence-corrected chi connectivity index (χ4v) is 6.10. The minimum Gasteiger partial charge on any atom is -0.303 e. The molecule has 2 saturated heterocycles. The van der Waals surface area contributed by atoms with Gasteiger partial charge in [0, 0.05) is 26.2 Å². The van der Waals surface area contributed by atoms with E-state index >= 15 is 0 Å².